The van der Waals surface area contributed by atoms with Gasteiger partial charge in [0.1, 0.15) is 13.2 Å². The second kappa shape index (κ2) is 52.4. The second-order valence-electron chi connectivity index (χ2n) is 16.7. The summed E-state index contributed by atoms with van der Waals surface area (Å²) < 4.78 is 16.7. The minimum absolute atomic E-state index is 0.107. The fourth-order valence-corrected chi connectivity index (χ4v) is 6.56. The summed E-state index contributed by atoms with van der Waals surface area (Å²) in [5.74, 6) is -0.981. The van der Waals surface area contributed by atoms with E-state index in [1.807, 2.05) is 0 Å². The zero-order valence-corrected chi connectivity index (χ0v) is 41.7. The highest BCUT2D eigenvalue weighted by Gasteiger charge is 2.19. The zero-order chi connectivity index (χ0) is 47.2. The van der Waals surface area contributed by atoms with Gasteiger partial charge in [-0.05, 0) is 122 Å². The third kappa shape index (κ3) is 50.7. The van der Waals surface area contributed by atoms with Gasteiger partial charge in [0.05, 0.1) is 0 Å². The maximum absolute atomic E-state index is 12.8. The Balaban J connectivity index is 4.50. The van der Waals surface area contributed by atoms with Gasteiger partial charge in [-0.3, -0.25) is 14.4 Å². The maximum Gasteiger partial charge on any atom is 0.306 e. The second-order valence-corrected chi connectivity index (χ2v) is 16.7. The highest BCUT2D eigenvalue weighted by atomic mass is 16.6. The standard InChI is InChI=1S/C59H94O6/c1-4-7-10-13-16-19-22-24-26-28-29-31-32-34-37-40-43-46-49-52-58(61)64-55-56(54-63-57(60)51-48-45-42-39-36-21-18-15-12-9-6-3)65-59(62)53-50-47-44-41-38-35-33-30-27-25-23-20-17-14-11-8-5-2/h7-8,10-11,15-20,24-27,29,31,33-35,37,56H,4-6,9,12-14,21-23,28,30,32,36,38-55H2,1-3H3/b10-7-,11-8-,18-15-,19-16-,20-17-,26-24-,27-25-,31-29-,35-33-,37-34-. The number of hydrogen-bond donors (Lipinski definition) is 0. The van der Waals surface area contributed by atoms with Crippen LogP contribution in [0.25, 0.3) is 0 Å². The van der Waals surface area contributed by atoms with Crippen molar-refractivity contribution in [3.05, 3.63) is 122 Å². The van der Waals surface area contributed by atoms with Crippen molar-refractivity contribution in [3.63, 3.8) is 0 Å². The zero-order valence-electron chi connectivity index (χ0n) is 41.7. The molecule has 0 aliphatic carbocycles. The fraction of sp³-hybridized carbons (Fsp3) is 0.610. The molecule has 0 heterocycles. The summed E-state index contributed by atoms with van der Waals surface area (Å²) >= 11 is 0. The molecule has 0 N–H and O–H groups in total. The quantitative estimate of drug-likeness (QED) is 0.0262. The Morgan fingerprint density at radius 1 is 0.323 bits per heavy atom. The van der Waals surface area contributed by atoms with Crippen molar-refractivity contribution in [2.75, 3.05) is 13.2 Å². The number of esters is 3. The fourth-order valence-electron chi connectivity index (χ4n) is 6.56. The SMILES string of the molecule is CC/C=C\C/C=C\C/C=C\C/C=C\C/C=C\CCCCCC(=O)OCC(COC(=O)CCCCCCC/C=C\CCCC)OC(=O)CCCCCC/C=C\C/C=C\C/C=C\C/C=C\CC. The molecule has 366 valence electrons. The van der Waals surface area contributed by atoms with Gasteiger partial charge in [-0.25, -0.2) is 0 Å². The summed E-state index contributed by atoms with van der Waals surface area (Å²) in [6.45, 7) is 6.30. The molecule has 0 aromatic heterocycles. The van der Waals surface area contributed by atoms with Crippen molar-refractivity contribution in [3.8, 4) is 0 Å². The molecule has 0 aromatic carbocycles. The van der Waals surface area contributed by atoms with Gasteiger partial charge in [-0.2, -0.15) is 0 Å². The van der Waals surface area contributed by atoms with Crippen LogP contribution in [0.3, 0.4) is 0 Å². The van der Waals surface area contributed by atoms with E-state index < -0.39 is 6.10 Å². The van der Waals surface area contributed by atoms with Crippen molar-refractivity contribution >= 4 is 17.9 Å². The van der Waals surface area contributed by atoms with Gasteiger partial charge >= 0.3 is 17.9 Å². The Morgan fingerprint density at radius 3 is 0.969 bits per heavy atom. The smallest absolute Gasteiger partial charge is 0.306 e. The third-order valence-corrected chi connectivity index (χ3v) is 10.4. The molecular weight excluding hydrogens is 805 g/mol. The molecule has 6 heteroatoms. The van der Waals surface area contributed by atoms with E-state index in [0.29, 0.717) is 12.8 Å². The van der Waals surface area contributed by atoms with Crippen molar-refractivity contribution in [2.24, 2.45) is 0 Å². The molecule has 0 amide bonds. The van der Waals surface area contributed by atoms with Crippen LogP contribution in [0.15, 0.2) is 122 Å². The molecule has 0 spiro atoms. The lowest BCUT2D eigenvalue weighted by Gasteiger charge is -2.18. The molecule has 65 heavy (non-hydrogen) atoms. The van der Waals surface area contributed by atoms with Crippen LogP contribution >= 0.6 is 0 Å². The number of rotatable bonds is 45. The van der Waals surface area contributed by atoms with Crippen LogP contribution in [-0.4, -0.2) is 37.2 Å². The van der Waals surface area contributed by atoms with Crippen LogP contribution in [0.1, 0.15) is 213 Å². The third-order valence-electron chi connectivity index (χ3n) is 10.4. The van der Waals surface area contributed by atoms with E-state index in [9.17, 15) is 14.4 Å². The molecule has 0 aliphatic rings. The van der Waals surface area contributed by atoms with Gasteiger partial charge in [0, 0.05) is 19.3 Å². The summed E-state index contributed by atoms with van der Waals surface area (Å²) in [7, 11) is 0. The summed E-state index contributed by atoms with van der Waals surface area (Å²) in [5, 5.41) is 0. The van der Waals surface area contributed by atoms with Crippen LogP contribution in [0.5, 0.6) is 0 Å². The van der Waals surface area contributed by atoms with Crippen molar-refractivity contribution in [1.82, 2.24) is 0 Å². The number of carbonyl (C=O) groups excluding carboxylic acids is 3. The van der Waals surface area contributed by atoms with Crippen LogP contribution in [-0.2, 0) is 28.6 Å². The van der Waals surface area contributed by atoms with Crippen molar-refractivity contribution in [1.29, 1.82) is 0 Å². The molecule has 0 radical (unpaired) electrons. The molecule has 0 fully saturated rings. The Hall–Kier alpha value is -4.19. The van der Waals surface area contributed by atoms with Crippen molar-refractivity contribution < 1.29 is 28.6 Å². The van der Waals surface area contributed by atoms with Gasteiger partial charge in [-0.1, -0.05) is 194 Å². The molecule has 0 saturated carbocycles. The molecule has 0 aliphatic heterocycles. The van der Waals surface area contributed by atoms with E-state index in [4.69, 9.17) is 14.2 Å². The number of hydrogen-bond acceptors (Lipinski definition) is 6. The lowest BCUT2D eigenvalue weighted by molar-refractivity contribution is -0.167. The minimum atomic E-state index is -0.811. The summed E-state index contributed by atoms with van der Waals surface area (Å²) in [6, 6.07) is 0. The normalized spacial score (nSPS) is 13.1. The highest BCUT2D eigenvalue weighted by molar-refractivity contribution is 5.71. The van der Waals surface area contributed by atoms with E-state index in [2.05, 4.69) is 142 Å². The lowest BCUT2D eigenvalue weighted by Crippen LogP contribution is -2.30. The average molecular weight is 899 g/mol. The molecule has 1 atom stereocenters. The first-order valence-corrected chi connectivity index (χ1v) is 26.0. The molecule has 0 bridgehead atoms. The van der Waals surface area contributed by atoms with Crippen LogP contribution in [0.2, 0.25) is 0 Å². The van der Waals surface area contributed by atoms with Gasteiger partial charge in [0.15, 0.2) is 6.10 Å². The Kier molecular flexibility index (Phi) is 49.1. The van der Waals surface area contributed by atoms with Crippen molar-refractivity contribution in [2.45, 2.75) is 219 Å². The summed E-state index contributed by atoms with van der Waals surface area (Å²) in [6.07, 6.45) is 71.8. The number of carbonyl (C=O) groups is 3. The topological polar surface area (TPSA) is 78.9 Å². The predicted octanol–water partition coefficient (Wildman–Crippen LogP) is 17.3. The first kappa shape index (κ1) is 60.8. The van der Waals surface area contributed by atoms with Gasteiger partial charge in [-0.15, -0.1) is 0 Å². The van der Waals surface area contributed by atoms with Gasteiger partial charge in [0.2, 0.25) is 0 Å². The maximum atomic E-state index is 12.8. The highest BCUT2D eigenvalue weighted by Crippen LogP contribution is 2.12. The van der Waals surface area contributed by atoms with Gasteiger partial charge in [0.25, 0.3) is 0 Å². The first-order valence-electron chi connectivity index (χ1n) is 26.0. The van der Waals surface area contributed by atoms with Gasteiger partial charge < -0.3 is 14.2 Å². The summed E-state index contributed by atoms with van der Waals surface area (Å²) in [5.41, 5.74) is 0. The van der Waals surface area contributed by atoms with Crippen LogP contribution < -0.4 is 0 Å². The first-order chi connectivity index (χ1) is 32.0. The molecule has 0 aromatic rings. The van der Waals surface area contributed by atoms with Crippen LogP contribution in [0.4, 0.5) is 0 Å². The molecule has 0 saturated heterocycles. The van der Waals surface area contributed by atoms with E-state index in [0.717, 1.165) is 148 Å². The monoisotopic (exact) mass is 899 g/mol. The Morgan fingerprint density at radius 2 is 0.600 bits per heavy atom. The number of ether oxygens (including phenoxy) is 3. The Labute approximate surface area is 399 Å². The molecular formula is C59H94O6. The summed E-state index contributed by atoms with van der Waals surface area (Å²) in [4.78, 5) is 38.0. The average Bonchev–Trinajstić information content (AvgIpc) is 3.30. The van der Waals surface area contributed by atoms with E-state index in [1.165, 1.54) is 25.7 Å². The van der Waals surface area contributed by atoms with E-state index in [1.54, 1.807) is 0 Å². The number of unbranched alkanes of at least 4 members (excludes halogenated alkanes) is 14. The van der Waals surface area contributed by atoms with E-state index in [-0.39, 0.29) is 37.5 Å². The lowest BCUT2D eigenvalue weighted by atomic mass is 10.1. The van der Waals surface area contributed by atoms with E-state index >= 15 is 0 Å². The van der Waals surface area contributed by atoms with Crippen LogP contribution in [0, 0.1) is 0 Å². The largest absolute Gasteiger partial charge is 0.462 e. The minimum Gasteiger partial charge on any atom is -0.462 e. The molecule has 6 nitrogen and oxygen atoms in total. The Bertz CT molecular complexity index is 1400. The predicted molar refractivity (Wildman–Crippen MR) is 279 cm³/mol. The molecule has 0 rings (SSSR count). The molecule has 1 unspecified atom stereocenters. The number of allylic oxidation sites excluding steroid dienone is 20.